The minimum Gasteiger partial charge on any atom is -0.497 e. The molecule has 0 bridgehead atoms. The minimum absolute atomic E-state index is 0. The maximum atomic E-state index is 5.89. The first-order valence-corrected chi connectivity index (χ1v) is 5.90. The zero-order valence-electron chi connectivity index (χ0n) is 9.94. The second-order valence-electron chi connectivity index (χ2n) is 4.46. The molecule has 1 aromatic carbocycles. The van der Waals surface area contributed by atoms with Crippen molar-refractivity contribution in [3.8, 4) is 5.75 Å². The molecule has 4 heteroatoms. The van der Waals surface area contributed by atoms with Gasteiger partial charge in [-0.2, -0.15) is 0 Å². The molecule has 0 saturated carbocycles. The molecule has 1 aliphatic heterocycles. The van der Waals surface area contributed by atoms with E-state index in [0.717, 1.165) is 25.3 Å². The number of benzene rings is 1. The molecule has 3 nitrogen and oxygen atoms in total. The molecular weight excluding hydrogens is 238 g/mol. The van der Waals surface area contributed by atoms with E-state index in [1.54, 1.807) is 7.11 Å². The predicted molar refractivity (Wildman–Crippen MR) is 69.0 cm³/mol. The van der Waals surface area contributed by atoms with Crippen molar-refractivity contribution in [3.63, 3.8) is 0 Å². The number of nitrogens with one attached hydrogen (secondary N) is 1. The van der Waals surface area contributed by atoms with Crippen molar-refractivity contribution in [2.24, 2.45) is 0 Å². The number of fused-ring (bicyclic) bond motifs is 3. The summed E-state index contributed by atoms with van der Waals surface area (Å²) in [6.07, 6.45) is 2.52. The van der Waals surface area contributed by atoms with Crippen LogP contribution in [0.4, 0.5) is 0 Å². The van der Waals surface area contributed by atoms with Crippen LogP contribution in [-0.4, -0.2) is 26.3 Å². The van der Waals surface area contributed by atoms with Gasteiger partial charge in [-0.15, -0.1) is 12.4 Å². The van der Waals surface area contributed by atoms with E-state index in [1.807, 2.05) is 6.07 Å². The number of hydrogen-bond donors (Lipinski definition) is 1. The van der Waals surface area contributed by atoms with E-state index in [2.05, 4.69) is 17.4 Å². The average molecular weight is 256 g/mol. The molecular formula is C13H18ClNO2. The summed E-state index contributed by atoms with van der Waals surface area (Å²) in [6.45, 7) is 1.78. The predicted octanol–water partition coefficient (Wildman–Crippen LogP) is 2.09. The van der Waals surface area contributed by atoms with Crippen molar-refractivity contribution >= 4 is 12.4 Å². The molecule has 0 amide bonds. The molecule has 2 aliphatic rings. The highest BCUT2D eigenvalue weighted by molar-refractivity contribution is 5.85. The summed E-state index contributed by atoms with van der Waals surface area (Å²) in [5.41, 5.74) is 2.72. The zero-order chi connectivity index (χ0) is 11.0. The summed E-state index contributed by atoms with van der Waals surface area (Å²) in [6, 6.07) is 6.81. The molecule has 17 heavy (non-hydrogen) atoms. The Bertz CT molecular complexity index is 397. The van der Waals surface area contributed by atoms with Crippen molar-refractivity contribution < 1.29 is 9.47 Å². The van der Waals surface area contributed by atoms with Crippen LogP contribution in [0.5, 0.6) is 5.75 Å². The number of halogens is 1. The molecule has 1 heterocycles. The third-order valence-corrected chi connectivity index (χ3v) is 3.56. The fourth-order valence-electron chi connectivity index (χ4n) is 2.72. The van der Waals surface area contributed by atoms with Crippen LogP contribution in [0.3, 0.4) is 0 Å². The van der Waals surface area contributed by atoms with Crippen LogP contribution >= 0.6 is 12.4 Å². The Morgan fingerprint density at radius 3 is 3.12 bits per heavy atom. The standard InChI is InChI=1S/C13H17NO2.ClH/c1-15-10-4-2-9-3-5-12-13(11(9)8-10)16-7-6-14-12;/h2,4,8,12-14H,3,5-7H2,1H3;1H/t12-,13-;/m0./s1. The van der Waals surface area contributed by atoms with Crippen LogP contribution in [0, 0.1) is 0 Å². The summed E-state index contributed by atoms with van der Waals surface area (Å²) < 4.78 is 11.2. The number of hydrogen-bond acceptors (Lipinski definition) is 3. The lowest BCUT2D eigenvalue weighted by Gasteiger charge is -2.37. The highest BCUT2D eigenvalue weighted by Gasteiger charge is 2.32. The maximum absolute atomic E-state index is 5.89. The van der Waals surface area contributed by atoms with Gasteiger partial charge in [-0.3, -0.25) is 0 Å². The van der Waals surface area contributed by atoms with E-state index >= 15 is 0 Å². The molecule has 3 rings (SSSR count). The van der Waals surface area contributed by atoms with Crippen LogP contribution in [0.15, 0.2) is 18.2 Å². The van der Waals surface area contributed by atoms with Crippen LogP contribution in [0.1, 0.15) is 23.7 Å². The van der Waals surface area contributed by atoms with E-state index in [4.69, 9.17) is 9.47 Å². The third-order valence-electron chi connectivity index (χ3n) is 3.56. The Labute approximate surface area is 108 Å². The topological polar surface area (TPSA) is 30.5 Å². The number of rotatable bonds is 1. The Hall–Kier alpha value is -0.770. The SMILES string of the molecule is COc1ccc2c(c1)[C@@H]1OCCN[C@H]1CC2.Cl. The van der Waals surface area contributed by atoms with Crippen LogP contribution in [0.2, 0.25) is 0 Å². The van der Waals surface area contributed by atoms with Gasteiger partial charge in [0.15, 0.2) is 0 Å². The number of aryl methyl sites for hydroxylation is 1. The van der Waals surface area contributed by atoms with E-state index in [-0.39, 0.29) is 18.5 Å². The van der Waals surface area contributed by atoms with Gasteiger partial charge >= 0.3 is 0 Å². The van der Waals surface area contributed by atoms with Gasteiger partial charge < -0.3 is 14.8 Å². The van der Waals surface area contributed by atoms with Crippen molar-refractivity contribution in [1.82, 2.24) is 5.32 Å². The molecule has 1 aliphatic carbocycles. The Kier molecular flexibility index (Phi) is 3.92. The molecule has 1 aromatic rings. The van der Waals surface area contributed by atoms with E-state index in [1.165, 1.54) is 17.5 Å². The quantitative estimate of drug-likeness (QED) is 0.834. The van der Waals surface area contributed by atoms with Gasteiger partial charge in [0, 0.05) is 12.6 Å². The average Bonchev–Trinajstić information content (AvgIpc) is 2.38. The lowest BCUT2D eigenvalue weighted by molar-refractivity contribution is -0.0128. The van der Waals surface area contributed by atoms with Gasteiger partial charge in [0.1, 0.15) is 5.75 Å². The van der Waals surface area contributed by atoms with Crippen LogP contribution in [0.25, 0.3) is 0 Å². The van der Waals surface area contributed by atoms with Gasteiger partial charge in [0.05, 0.1) is 19.8 Å². The minimum atomic E-state index is 0. The number of morpholine rings is 1. The second-order valence-corrected chi connectivity index (χ2v) is 4.46. The highest BCUT2D eigenvalue weighted by Crippen LogP contribution is 2.36. The molecule has 1 fully saturated rings. The molecule has 0 radical (unpaired) electrons. The largest absolute Gasteiger partial charge is 0.497 e. The van der Waals surface area contributed by atoms with E-state index in [0.29, 0.717) is 6.04 Å². The first kappa shape index (κ1) is 12.7. The third kappa shape index (κ3) is 2.28. The Morgan fingerprint density at radius 1 is 1.41 bits per heavy atom. The fourth-order valence-corrected chi connectivity index (χ4v) is 2.72. The van der Waals surface area contributed by atoms with Crippen molar-refractivity contribution in [3.05, 3.63) is 29.3 Å². The van der Waals surface area contributed by atoms with Crippen molar-refractivity contribution in [2.75, 3.05) is 20.3 Å². The summed E-state index contributed by atoms with van der Waals surface area (Å²) in [4.78, 5) is 0. The molecule has 0 spiro atoms. The zero-order valence-corrected chi connectivity index (χ0v) is 10.8. The van der Waals surface area contributed by atoms with E-state index in [9.17, 15) is 0 Å². The number of methoxy groups -OCH3 is 1. The van der Waals surface area contributed by atoms with E-state index < -0.39 is 0 Å². The van der Waals surface area contributed by atoms with Gasteiger partial charge in [-0.05, 0) is 36.1 Å². The first-order chi connectivity index (χ1) is 7.88. The summed E-state index contributed by atoms with van der Waals surface area (Å²) in [5.74, 6) is 0.925. The Morgan fingerprint density at radius 2 is 2.29 bits per heavy atom. The highest BCUT2D eigenvalue weighted by atomic mass is 35.5. The molecule has 1 saturated heterocycles. The van der Waals surface area contributed by atoms with Crippen molar-refractivity contribution in [2.45, 2.75) is 25.0 Å². The van der Waals surface area contributed by atoms with Gasteiger partial charge in [0.25, 0.3) is 0 Å². The molecule has 94 valence electrons. The maximum Gasteiger partial charge on any atom is 0.119 e. The summed E-state index contributed by atoms with van der Waals surface area (Å²) in [7, 11) is 1.71. The summed E-state index contributed by atoms with van der Waals surface area (Å²) >= 11 is 0. The molecule has 0 aromatic heterocycles. The molecule has 2 atom stereocenters. The first-order valence-electron chi connectivity index (χ1n) is 5.90. The van der Waals surface area contributed by atoms with Gasteiger partial charge in [-0.1, -0.05) is 6.07 Å². The smallest absolute Gasteiger partial charge is 0.119 e. The molecule has 1 N–H and O–H groups in total. The fraction of sp³-hybridized carbons (Fsp3) is 0.538. The Balaban J connectivity index is 0.00000108. The monoisotopic (exact) mass is 255 g/mol. The normalized spacial score (nSPS) is 26.4. The van der Waals surface area contributed by atoms with Gasteiger partial charge in [0.2, 0.25) is 0 Å². The lowest BCUT2D eigenvalue weighted by Crippen LogP contribution is -2.45. The van der Waals surface area contributed by atoms with Crippen molar-refractivity contribution in [1.29, 1.82) is 0 Å². The van der Waals surface area contributed by atoms with Gasteiger partial charge in [-0.25, -0.2) is 0 Å². The number of ether oxygens (including phenoxy) is 2. The lowest BCUT2D eigenvalue weighted by atomic mass is 9.85. The molecule has 0 unspecified atom stereocenters. The second kappa shape index (κ2) is 5.25. The van der Waals surface area contributed by atoms with Crippen LogP contribution in [-0.2, 0) is 11.2 Å². The summed E-state index contributed by atoms with van der Waals surface area (Å²) in [5, 5.41) is 3.53. The van der Waals surface area contributed by atoms with Crippen LogP contribution < -0.4 is 10.1 Å².